The molecule has 0 saturated carbocycles. The number of anilines is 1. The maximum atomic E-state index is 12.0. The lowest BCUT2D eigenvalue weighted by atomic mass is 10.1. The van der Waals surface area contributed by atoms with Gasteiger partial charge >= 0.3 is 5.97 Å². The van der Waals surface area contributed by atoms with E-state index in [4.69, 9.17) is 9.47 Å². The summed E-state index contributed by atoms with van der Waals surface area (Å²) in [7, 11) is 0. The first-order valence-corrected chi connectivity index (χ1v) is 7.79. The third kappa shape index (κ3) is 6.47. The Hall–Kier alpha value is -3.15. The number of ketones is 1. The van der Waals surface area contributed by atoms with Crippen molar-refractivity contribution in [2.75, 3.05) is 18.5 Å². The molecule has 6 heteroatoms. The van der Waals surface area contributed by atoms with Gasteiger partial charge in [-0.1, -0.05) is 18.2 Å². The minimum atomic E-state index is -0.501. The number of hydrogen-bond acceptors (Lipinski definition) is 5. The fraction of sp³-hybridized carbons (Fsp3) is 0.211. The SMILES string of the molecule is CC(=O)Nc1ccc(C(=O)COC(=O)CCOc2ccccc2)cc1. The van der Waals surface area contributed by atoms with Crippen molar-refractivity contribution in [2.24, 2.45) is 0 Å². The Labute approximate surface area is 145 Å². The molecule has 0 aliphatic heterocycles. The van der Waals surface area contributed by atoms with E-state index in [0.717, 1.165) is 0 Å². The number of Topliss-reactive ketones (excluding diaryl/α,β-unsaturated/α-hetero) is 1. The number of esters is 1. The van der Waals surface area contributed by atoms with E-state index in [0.29, 0.717) is 17.0 Å². The first-order chi connectivity index (χ1) is 12.0. The number of carbonyl (C=O) groups is 3. The van der Waals surface area contributed by atoms with Crippen LogP contribution in [0.3, 0.4) is 0 Å². The summed E-state index contributed by atoms with van der Waals surface area (Å²) >= 11 is 0. The zero-order valence-electron chi connectivity index (χ0n) is 13.9. The predicted molar refractivity (Wildman–Crippen MR) is 92.6 cm³/mol. The van der Waals surface area contributed by atoms with Crippen molar-refractivity contribution in [2.45, 2.75) is 13.3 Å². The highest BCUT2D eigenvalue weighted by atomic mass is 16.5. The average molecular weight is 341 g/mol. The molecule has 6 nitrogen and oxygen atoms in total. The molecule has 0 heterocycles. The maximum absolute atomic E-state index is 12.0. The molecule has 2 aromatic rings. The zero-order valence-corrected chi connectivity index (χ0v) is 13.9. The molecular formula is C19H19NO5. The summed E-state index contributed by atoms with van der Waals surface area (Å²) in [4.78, 5) is 34.6. The first-order valence-electron chi connectivity index (χ1n) is 7.79. The molecule has 0 saturated heterocycles. The molecule has 0 bridgehead atoms. The summed E-state index contributed by atoms with van der Waals surface area (Å²) in [6.45, 7) is 1.26. The third-order valence-corrected chi connectivity index (χ3v) is 3.21. The quantitative estimate of drug-likeness (QED) is 0.590. The minimum Gasteiger partial charge on any atom is -0.493 e. The van der Waals surface area contributed by atoms with Gasteiger partial charge in [-0.3, -0.25) is 14.4 Å². The van der Waals surface area contributed by atoms with E-state index >= 15 is 0 Å². The number of para-hydroxylation sites is 1. The molecule has 0 unspecified atom stereocenters. The molecular weight excluding hydrogens is 322 g/mol. The fourth-order valence-electron chi connectivity index (χ4n) is 2.01. The van der Waals surface area contributed by atoms with Crippen LogP contribution in [0.25, 0.3) is 0 Å². The molecule has 0 aliphatic rings. The Bertz CT molecular complexity index is 725. The van der Waals surface area contributed by atoms with E-state index in [1.54, 1.807) is 36.4 Å². The summed E-state index contributed by atoms with van der Waals surface area (Å²) in [5.74, 6) is -0.331. The van der Waals surface area contributed by atoms with Gasteiger partial charge in [-0.05, 0) is 36.4 Å². The van der Waals surface area contributed by atoms with Gasteiger partial charge in [-0.25, -0.2) is 0 Å². The predicted octanol–water partition coefficient (Wildman–Crippen LogP) is 2.84. The molecule has 1 N–H and O–H groups in total. The van der Waals surface area contributed by atoms with Gasteiger partial charge in [-0.15, -0.1) is 0 Å². The zero-order chi connectivity index (χ0) is 18.1. The van der Waals surface area contributed by atoms with Crippen LogP contribution in [0.2, 0.25) is 0 Å². The van der Waals surface area contributed by atoms with Crippen LogP contribution in [-0.2, 0) is 14.3 Å². The second kappa shape index (κ2) is 9.22. The lowest BCUT2D eigenvalue weighted by molar-refractivity contribution is -0.143. The van der Waals surface area contributed by atoms with E-state index in [2.05, 4.69) is 5.32 Å². The van der Waals surface area contributed by atoms with E-state index in [1.807, 2.05) is 18.2 Å². The van der Waals surface area contributed by atoms with Crippen LogP contribution in [-0.4, -0.2) is 30.9 Å². The molecule has 0 aromatic heterocycles. The van der Waals surface area contributed by atoms with Crippen molar-refractivity contribution in [3.8, 4) is 5.75 Å². The standard InChI is InChI=1S/C19H19NO5/c1-14(21)20-16-9-7-15(8-10-16)18(22)13-25-19(23)11-12-24-17-5-3-2-4-6-17/h2-10H,11-13H2,1H3,(H,20,21). The van der Waals surface area contributed by atoms with E-state index in [1.165, 1.54) is 6.92 Å². The molecule has 2 rings (SSSR count). The van der Waals surface area contributed by atoms with Crippen molar-refractivity contribution in [1.82, 2.24) is 0 Å². The van der Waals surface area contributed by atoms with Gasteiger partial charge < -0.3 is 14.8 Å². The number of carbonyl (C=O) groups excluding carboxylic acids is 3. The Morgan fingerprint density at radius 1 is 0.960 bits per heavy atom. The summed E-state index contributed by atoms with van der Waals surface area (Å²) in [6.07, 6.45) is 0.0592. The third-order valence-electron chi connectivity index (χ3n) is 3.21. The van der Waals surface area contributed by atoms with Gasteiger partial charge in [0.05, 0.1) is 13.0 Å². The molecule has 0 fully saturated rings. The van der Waals surface area contributed by atoms with Gasteiger partial charge in [0.1, 0.15) is 5.75 Å². The van der Waals surface area contributed by atoms with E-state index in [9.17, 15) is 14.4 Å². The molecule has 130 valence electrons. The maximum Gasteiger partial charge on any atom is 0.309 e. The Morgan fingerprint density at radius 3 is 2.28 bits per heavy atom. The Morgan fingerprint density at radius 2 is 1.64 bits per heavy atom. The molecule has 1 amide bonds. The summed E-state index contributed by atoms with van der Waals surface area (Å²) < 4.78 is 10.3. The summed E-state index contributed by atoms with van der Waals surface area (Å²) in [6, 6.07) is 15.5. The van der Waals surface area contributed by atoms with Crippen LogP contribution in [0.5, 0.6) is 5.75 Å². The molecule has 2 aromatic carbocycles. The van der Waals surface area contributed by atoms with E-state index < -0.39 is 5.97 Å². The number of amides is 1. The first kappa shape index (κ1) is 18.2. The van der Waals surface area contributed by atoms with Gasteiger partial charge in [0.2, 0.25) is 5.91 Å². The molecule has 25 heavy (non-hydrogen) atoms. The molecule has 0 atom stereocenters. The van der Waals surface area contributed by atoms with Crippen molar-refractivity contribution >= 4 is 23.3 Å². The highest BCUT2D eigenvalue weighted by molar-refractivity contribution is 5.98. The Balaban J connectivity index is 1.71. The van der Waals surface area contributed by atoms with Gasteiger partial charge in [0, 0.05) is 18.2 Å². The second-order valence-corrected chi connectivity index (χ2v) is 5.25. The fourth-order valence-corrected chi connectivity index (χ4v) is 2.01. The Kier molecular flexibility index (Phi) is 6.71. The number of rotatable bonds is 8. The van der Waals surface area contributed by atoms with Crippen LogP contribution in [0.4, 0.5) is 5.69 Å². The van der Waals surface area contributed by atoms with Crippen LogP contribution in [0, 0.1) is 0 Å². The normalized spacial score (nSPS) is 9.96. The van der Waals surface area contributed by atoms with Crippen molar-refractivity contribution < 1.29 is 23.9 Å². The molecule has 0 spiro atoms. The number of ether oxygens (including phenoxy) is 2. The van der Waals surface area contributed by atoms with Gasteiger partial charge in [0.25, 0.3) is 0 Å². The number of hydrogen-bond donors (Lipinski definition) is 1. The highest BCUT2D eigenvalue weighted by Crippen LogP contribution is 2.11. The summed E-state index contributed by atoms with van der Waals surface area (Å²) in [5.41, 5.74) is 1.00. The molecule has 0 radical (unpaired) electrons. The monoisotopic (exact) mass is 341 g/mol. The second-order valence-electron chi connectivity index (χ2n) is 5.25. The highest BCUT2D eigenvalue weighted by Gasteiger charge is 2.10. The number of benzene rings is 2. The lowest BCUT2D eigenvalue weighted by Gasteiger charge is -2.07. The van der Waals surface area contributed by atoms with Crippen LogP contribution in [0.15, 0.2) is 54.6 Å². The van der Waals surface area contributed by atoms with Crippen LogP contribution < -0.4 is 10.1 Å². The number of nitrogens with one attached hydrogen (secondary N) is 1. The topological polar surface area (TPSA) is 81.7 Å². The largest absolute Gasteiger partial charge is 0.493 e. The van der Waals surface area contributed by atoms with Crippen molar-refractivity contribution in [1.29, 1.82) is 0 Å². The van der Waals surface area contributed by atoms with Gasteiger partial charge in [0.15, 0.2) is 12.4 Å². The molecule has 0 aliphatic carbocycles. The average Bonchev–Trinajstić information content (AvgIpc) is 2.61. The summed E-state index contributed by atoms with van der Waals surface area (Å²) in [5, 5.41) is 2.61. The van der Waals surface area contributed by atoms with Crippen molar-refractivity contribution in [3.63, 3.8) is 0 Å². The van der Waals surface area contributed by atoms with Crippen molar-refractivity contribution in [3.05, 3.63) is 60.2 Å². The van der Waals surface area contributed by atoms with Gasteiger partial charge in [-0.2, -0.15) is 0 Å². The van der Waals surface area contributed by atoms with Crippen LogP contribution in [0.1, 0.15) is 23.7 Å². The van der Waals surface area contributed by atoms with E-state index in [-0.39, 0.29) is 31.3 Å². The lowest BCUT2D eigenvalue weighted by Crippen LogP contribution is -2.16. The smallest absolute Gasteiger partial charge is 0.309 e. The van der Waals surface area contributed by atoms with Crippen LogP contribution >= 0.6 is 0 Å². The minimum absolute atomic E-state index is 0.0592.